The first-order valence-corrected chi connectivity index (χ1v) is 7.43. The molecule has 0 heterocycles. The fraction of sp³-hybridized carbons (Fsp3) is 0.867. The van der Waals surface area contributed by atoms with Crippen molar-refractivity contribution in [3.8, 4) is 0 Å². The molecule has 1 saturated carbocycles. The number of hydrogen-bond donors (Lipinski definition) is 0. The molecule has 0 unspecified atom stereocenters. The van der Waals surface area contributed by atoms with Crippen LogP contribution in [-0.2, 0) is 14.3 Å². The largest absolute Gasteiger partial charge is 0.465 e. The molecule has 0 N–H and O–H groups in total. The van der Waals surface area contributed by atoms with Crippen molar-refractivity contribution in [2.75, 3.05) is 13.2 Å². The number of carbonyl (C=O) groups excluding carboxylic acids is 2. The van der Waals surface area contributed by atoms with Gasteiger partial charge in [0.1, 0.15) is 6.54 Å². The van der Waals surface area contributed by atoms with Gasteiger partial charge in [0.05, 0.1) is 6.61 Å². The van der Waals surface area contributed by atoms with Crippen LogP contribution in [0.2, 0.25) is 0 Å². The fourth-order valence-electron chi connectivity index (χ4n) is 2.91. The Bertz CT molecular complexity index is 319. The van der Waals surface area contributed by atoms with Crippen molar-refractivity contribution in [2.24, 2.45) is 5.41 Å². The molecule has 1 fully saturated rings. The highest BCUT2D eigenvalue weighted by Gasteiger charge is 2.42. The van der Waals surface area contributed by atoms with E-state index in [1.165, 1.54) is 0 Å². The molecule has 4 nitrogen and oxygen atoms in total. The molecule has 4 heteroatoms. The van der Waals surface area contributed by atoms with Gasteiger partial charge in [0.25, 0.3) is 0 Å². The Morgan fingerprint density at radius 1 is 1.21 bits per heavy atom. The Hall–Kier alpha value is -1.06. The van der Waals surface area contributed by atoms with Crippen LogP contribution in [0.4, 0.5) is 0 Å². The van der Waals surface area contributed by atoms with Crippen molar-refractivity contribution >= 4 is 11.9 Å². The van der Waals surface area contributed by atoms with E-state index in [2.05, 4.69) is 6.92 Å². The van der Waals surface area contributed by atoms with Gasteiger partial charge < -0.3 is 9.64 Å². The second-order valence-electron chi connectivity index (χ2n) is 5.67. The Labute approximate surface area is 116 Å². The first-order chi connectivity index (χ1) is 8.96. The SMILES string of the molecule is CCOC(=O)CN(C(=O)C1(CC)CCCC1)C(C)C. The summed E-state index contributed by atoms with van der Waals surface area (Å²) in [7, 11) is 0. The van der Waals surface area contributed by atoms with Crippen molar-refractivity contribution in [1.82, 2.24) is 4.90 Å². The topological polar surface area (TPSA) is 46.6 Å². The minimum atomic E-state index is -0.311. The molecule has 19 heavy (non-hydrogen) atoms. The van der Waals surface area contributed by atoms with Crippen LogP contribution in [0.5, 0.6) is 0 Å². The van der Waals surface area contributed by atoms with E-state index in [0.29, 0.717) is 6.61 Å². The number of amides is 1. The minimum Gasteiger partial charge on any atom is -0.465 e. The summed E-state index contributed by atoms with van der Waals surface area (Å²) < 4.78 is 4.97. The molecule has 0 spiro atoms. The van der Waals surface area contributed by atoms with E-state index >= 15 is 0 Å². The van der Waals surface area contributed by atoms with Crippen molar-refractivity contribution < 1.29 is 14.3 Å². The molecule has 0 aliphatic heterocycles. The highest BCUT2D eigenvalue weighted by Crippen LogP contribution is 2.42. The van der Waals surface area contributed by atoms with Gasteiger partial charge in [0, 0.05) is 11.5 Å². The summed E-state index contributed by atoms with van der Waals surface area (Å²) in [4.78, 5) is 26.1. The molecule has 0 atom stereocenters. The lowest BCUT2D eigenvalue weighted by atomic mass is 9.81. The van der Waals surface area contributed by atoms with E-state index in [1.807, 2.05) is 13.8 Å². The van der Waals surface area contributed by atoms with Crippen molar-refractivity contribution in [3.63, 3.8) is 0 Å². The summed E-state index contributed by atoms with van der Waals surface area (Å²) >= 11 is 0. The molecule has 0 radical (unpaired) electrons. The molecule has 1 aliphatic carbocycles. The lowest BCUT2D eigenvalue weighted by Gasteiger charge is -2.35. The standard InChI is InChI=1S/C15H27NO3/c1-5-15(9-7-8-10-15)14(18)16(12(3)4)11-13(17)19-6-2/h12H,5-11H2,1-4H3. The van der Waals surface area contributed by atoms with Crippen molar-refractivity contribution in [2.45, 2.75) is 65.8 Å². The Balaban J connectivity index is 2.80. The van der Waals surface area contributed by atoms with Crippen LogP contribution in [0, 0.1) is 5.41 Å². The summed E-state index contributed by atoms with van der Waals surface area (Å²) in [6, 6.07) is 0.0286. The average molecular weight is 269 g/mol. The monoisotopic (exact) mass is 269 g/mol. The predicted octanol–water partition coefficient (Wildman–Crippen LogP) is 2.76. The van der Waals surface area contributed by atoms with Crippen LogP contribution in [0.15, 0.2) is 0 Å². The summed E-state index contributed by atoms with van der Waals surface area (Å²) in [5, 5.41) is 0. The fourth-order valence-corrected chi connectivity index (χ4v) is 2.91. The summed E-state index contributed by atoms with van der Waals surface area (Å²) in [5.74, 6) is -0.177. The van der Waals surface area contributed by atoms with E-state index in [-0.39, 0.29) is 29.9 Å². The van der Waals surface area contributed by atoms with Crippen molar-refractivity contribution in [1.29, 1.82) is 0 Å². The molecule has 0 saturated heterocycles. The molecule has 0 bridgehead atoms. The summed E-state index contributed by atoms with van der Waals surface area (Å²) in [6.45, 7) is 8.20. The van der Waals surface area contributed by atoms with Gasteiger partial charge in [-0.05, 0) is 40.0 Å². The minimum absolute atomic E-state index is 0.0286. The van der Waals surface area contributed by atoms with E-state index < -0.39 is 0 Å². The maximum Gasteiger partial charge on any atom is 0.325 e. The Morgan fingerprint density at radius 2 is 1.79 bits per heavy atom. The van der Waals surface area contributed by atoms with Gasteiger partial charge in [-0.1, -0.05) is 19.8 Å². The number of rotatable bonds is 6. The Kier molecular flexibility index (Phi) is 5.83. The summed E-state index contributed by atoms with van der Waals surface area (Å²) in [5.41, 5.74) is -0.239. The zero-order valence-electron chi connectivity index (χ0n) is 12.7. The van der Waals surface area contributed by atoms with Gasteiger partial charge >= 0.3 is 5.97 Å². The molecular weight excluding hydrogens is 242 g/mol. The van der Waals surface area contributed by atoms with E-state index in [0.717, 1.165) is 32.1 Å². The van der Waals surface area contributed by atoms with Gasteiger partial charge in [-0.3, -0.25) is 9.59 Å². The van der Waals surface area contributed by atoms with Crippen LogP contribution >= 0.6 is 0 Å². The molecular formula is C15H27NO3. The highest BCUT2D eigenvalue weighted by molar-refractivity contribution is 5.86. The molecule has 0 aromatic heterocycles. The van der Waals surface area contributed by atoms with Crippen LogP contribution in [0.25, 0.3) is 0 Å². The second kappa shape index (κ2) is 6.92. The first-order valence-electron chi connectivity index (χ1n) is 7.43. The normalized spacial score (nSPS) is 17.5. The Morgan fingerprint density at radius 3 is 2.21 bits per heavy atom. The third-order valence-electron chi connectivity index (χ3n) is 4.18. The van der Waals surface area contributed by atoms with Crippen LogP contribution in [0.1, 0.15) is 59.8 Å². The second-order valence-corrected chi connectivity index (χ2v) is 5.67. The molecule has 1 amide bonds. The van der Waals surface area contributed by atoms with Gasteiger partial charge in [0.2, 0.25) is 5.91 Å². The van der Waals surface area contributed by atoms with Crippen LogP contribution in [0.3, 0.4) is 0 Å². The third-order valence-corrected chi connectivity index (χ3v) is 4.18. The molecule has 1 aliphatic rings. The van der Waals surface area contributed by atoms with Gasteiger partial charge in [-0.15, -0.1) is 0 Å². The van der Waals surface area contributed by atoms with Crippen LogP contribution in [-0.4, -0.2) is 36.0 Å². The highest BCUT2D eigenvalue weighted by atomic mass is 16.5. The smallest absolute Gasteiger partial charge is 0.325 e. The number of esters is 1. The predicted molar refractivity (Wildman–Crippen MR) is 74.7 cm³/mol. The van der Waals surface area contributed by atoms with Crippen molar-refractivity contribution in [3.05, 3.63) is 0 Å². The van der Waals surface area contributed by atoms with E-state index in [4.69, 9.17) is 4.74 Å². The van der Waals surface area contributed by atoms with Crippen LogP contribution < -0.4 is 0 Å². The zero-order valence-corrected chi connectivity index (χ0v) is 12.7. The van der Waals surface area contributed by atoms with E-state index in [9.17, 15) is 9.59 Å². The van der Waals surface area contributed by atoms with Gasteiger partial charge in [-0.25, -0.2) is 0 Å². The lowest BCUT2D eigenvalue weighted by molar-refractivity contribution is -0.154. The number of ether oxygens (including phenoxy) is 1. The molecule has 1 rings (SSSR count). The number of hydrogen-bond acceptors (Lipinski definition) is 3. The first kappa shape index (κ1) is 16.0. The zero-order chi connectivity index (χ0) is 14.5. The lowest BCUT2D eigenvalue weighted by Crippen LogP contribution is -2.48. The molecule has 0 aromatic carbocycles. The third kappa shape index (κ3) is 3.71. The molecule has 0 aromatic rings. The average Bonchev–Trinajstić information content (AvgIpc) is 2.85. The number of nitrogens with zero attached hydrogens (tertiary/aromatic N) is 1. The summed E-state index contributed by atoms with van der Waals surface area (Å²) in [6.07, 6.45) is 5.00. The maximum atomic E-state index is 12.8. The maximum absolute atomic E-state index is 12.8. The quantitative estimate of drug-likeness (QED) is 0.697. The van der Waals surface area contributed by atoms with Gasteiger partial charge in [0.15, 0.2) is 0 Å². The van der Waals surface area contributed by atoms with Gasteiger partial charge in [-0.2, -0.15) is 0 Å². The van der Waals surface area contributed by atoms with E-state index in [1.54, 1.807) is 11.8 Å². The molecule has 110 valence electrons. The number of carbonyl (C=O) groups is 2.